The second-order valence-corrected chi connectivity index (χ2v) is 5.41. The molecule has 0 saturated carbocycles. The smallest absolute Gasteiger partial charge is 0.198 e. The van der Waals surface area contributed by atoms with E-state index in [4.69, 9.17) is 9.84 Å². The zero-order chi connectivity index (χ0) is 16.8. The van der Waals surface area contributed by atoms with Gasteiger partial charge in [-0.05, 0) is 31.5 Å². The monoisotopic (exact) mass is 321 g/mol. The molecule has 0 aliphatic rings. The number of hydrogen-bond acceptors (Lipinski definition) is 3. The van der Waals surface area contributed by atoms with E-state index in [0.29, 0.717) is 17.7 Å². The summed E-state index contributed by atoms with van der Waals surface area (Å²) in [7, 11) is 0. The largest absolute Gasteiger partial charge is 0.451 e. The molecule has 0 unspecified atom stereocenters. The van der Waals surface area contributed by atoms with Gasteiger partial charge in [0.25, 0.3) is 0 Å². The van der Waals surface area contributed by atoms with Crippen molar-refractivity contribution in [1.29, 1.82) is 0 Å². The minimum atomic E-state index is -0.750. The number of ether oxygens (including phenoxy) is 1. The molecule has 0 heterocycles. The number of aliphatic hydroxyl groups is 1. The van der Waals surface area contributed by atoms with Crippen molar-refractivity contribution in [3.8, 4) is 11.5 Å². The second kappa shape index (κ2) is 8.04. The summed E-state index contributed by atoms with van der Waals surface area (Å²) in [6.07, 6.45) is 0.595. The molecular weight excluding hydrogens is 300 g/mol. The second-order valence-electron chi connectivity index (χ2n) is 5.41. The van der Waals surface area contributed by atoms with Crippen LogP contribution in [0.2, 0.25) is 0 Å². The minimum absolute atomic E-state index is 0.0628. The molecule has 0 saturated heterocycles. The van der Waals surface area contributed by atoms with E-state index in [1.165, 1.54) is 12.1 Å². The molecule has 124 valence electrons. The first-order valence-corrected chi connectivity index (χ1v) is 7.64. The van der Waals surface area contributed by atoms with Crippen LogP contribution in [0.3, 0.4) is 0 Å². The summed E-state index contributed by atoms with van der Waals surface area (Å²) in [6, 6.07) is 10.6. The van der Waals surface area contributed by atoms with E-state index in [2.05, 4.69) is 5.32 Å². The zero-order valence-corrected chi connectivity index (χ0v) is 13.2. The molecule has 0 amide bonds. The van der Waals surface area contributed by atoms with Crippen LogP contribution < -0.4 is 10.1 Å². The molecule has 2 aromatic carbocycles. The first-order valence-electron chi connectivity index (χ1n) is 7.64. The van der Waals surface area contributed by atoms with Crippen molar-refractivity contribution in [2.24, 2.45) is 0 Å². The minimum Gasteiger partial charge on any atom is -0.451 e. The van der Waals surface area contributed by atoms with Gasteiger partial charge in [-0.3, -0.25) is 0 Å². The first-order chi connectivity index (χ1) is 11.1. The number of aliphatic hydroxyl groups excluding tert-OH is 1. The van der Waals surface area contributed by atoms with E-state index < -0.39 is 17.4 Å². The molecule has 0 aliphatic carbocycles. The Labute approximate surface area is 134 Å². The highest BCUT2D eigenvalue weighted by molar-refractivity contribution is 5.38. The van der Waals surface area contributed by atoms with Crippen LogP contribution in [0.4, 0.5) is 8.78 Å². The maximum atomic E-state index is 14.7. The van der Waals surface area contributed by atoms with E-state index in [1.54, 1.807) is 37.3 Å². The molecular formula is C18H21F2NO2. The van der Waals surface area contributed by atoms with E-state index in [0.717, 1.165) is 0 Å². The van der Waals surface area contributed by atoms with Gasteiger partial charge in [-0.25, -0.2) is 8.78 Å². The molecule has 2 N–H and O–H groups in total. The maximum Gasteiger partial charge on any atom is 0.198 e. The number of para-hydroxylation sites is 1. The summed E-state index contributed by atoms with van der Waals surface area (Å²) < 4.78 is 34.1. The standard InChI is InChI=1S/C18H21F2NO2/c1-3-16(21-12(2)11-22)14-9-10-15(19)18(17(14)20)23-13-7-5-4-6-8-13/h4-10,12,16,21-22H,3,11H2,1-2H3/t12-,16-/m1/s1. The third kappa shape index (κ3) is 4.27. The average Bonchev–Trinajstić information content (AvgIpc) is 2.57. The lowest BCUT2D eigenvalue weighted by Gasteiger charge is -2.22. The van der Waals surface area contributed by atoms with Gasteiger partial charge in [0, 0.05) is 17.6 Å². The highest BCUT2D eigenvalue weighted by atomic mass is 19.1. The molecule has 5 heteroatoms. The Bertz CT molecular complexity index is 634. The molecule has 2 atom stereocenters. The van der Waals surface area contributed by atoms with E-state index in [9.17, 15) is 8.78 Å². The van der Waals surface area contributed by atoms with Gasteiger partial charge >= 0.3 is 0 Å². The molecule has 0 radical (unpaired) electrons. The molecule has 0 fully saturated rings. The number of halogens is 2. The highest BCUT2D eigenvalue weighted by Gasteiger charge is 2.22. The summed E-state index contributed by atoms with van der Waals surface area (Å²) in [5, 5.41) is 12.3. The lowest BCUT2D eigenvalue weighted by molar-refractivity contribution is 0.238. The van der Waals surface area contributed by atoms with Gasteiger partial charge in [-0.15, -0.1) is 0 Å². The Hall–Kier alpha value is -1.98. The number of rotatable bonds is 7. The topological polar surface area (TPSA) is 41.5 Å². The molecule has 2 rings (SSSR count). The van der Waals surface area contributed by atoms with Crippen LogP contribution in [0, 0.1) is 11.6 Å². The quantitative estimate of drug-likeness (QED) is 0.804. The van der Waals surface area contributed by atoms with Crippen molar-refractivity contribution in [2.45, 2.75) is 32.4 Å². The van der Waals surface area contributed by atoms with Crippen molar-refractivity contribution in [3.63, 3.8) is 0 Å². The van der Waals surface area contributed by atoms with Crippen LogP contribution in [-0.2, 0) is 0 Å². The normalized spacial score (nSPS) is 13.6. The Morgan fingerprint density at radius 1 is 1.13 bits per heavy atom. The predicted molar refractivity (Wildman–Crippen MR) is 85.6 cm³/mol. The molecule has 3 nitrogen and oxygen atoms in total. The number of nitrogens with one attached hydrogen (secondary N) is 1. The fraction of sp³-hybridized carbons (Fsp3) is 0.333. The van der Waals surface area contributed by atoms with Gasteiger partial charge in [0.2, 0.25) is 0 Å². The zero-order valence-electron chi connectivity index (χ0n) is 13.2. The number of benzene rings is 2. The molecule has 0 bridgehead atoms. The molecule has 0 aliphatic heterocycles. The lowest BCUT2D eigenvalue weighted by atomic mass is 10.0. The van der Waals surface area contributed by atoms with E-state index >= 15 is 0 Å². The maximum absolute atomic E-state index is 14.7. The summed E-state index contributed by atoms with van der Waals surface area (Å²) in [6.45, 7) is 3.63. The Morgan fingerprint density at radius 3 is 2.43 bits per heavy atom. The van der Waals surface area contributed by atoms with Crippen LogP contribution in [0.15, 0.2) is 42.5 Å². The predicted octanol–water partition coefficient (Wildman–Crippen LogP) is 4.18. The Kier molecular flexibility index (Phi) is 6.07. The van der Waals surface area contributed by atoms with Gasteiger partial charge in [0.05, 0.1) is 6.61 Å². The third-order valence-corrected chi connectivity index (χ3v) is 3.59. The van der Waals surface area contributed by atoms with Crippen LogP contribution in [0.5, 0.6) is 11.5 Å². The molecule has 2 aromatic rings. The fourth-order valence-corrected chi connectivity index (χ4v) is 2.34. The van der Waals surface area contributed by atoms with Crippen LogP contribution >= 0.6 is 0 Å². The summed E-state index contributed by atoms with van der Waals surface area (Å²) in [5.74, 6) is -1.52. The summed E-state index contributed by atoms with van der Waals surface area (Å²) >= 11 is 0. The lowest BCUT2D eigenvalue weighted by Crippen LogP contribution is -2.33. The van der Waals surface area contributed by atoms with Crippen LogP contribution in [-0.4, -0.2) is 17.8 Å². The van der Waals surface area contributed by atoms with Crippen molar-refractivity contribution in [3.05, 3.63) is 59.7 Å². The highest BCUT2D eigenvalue weighted by Crippen LogP contribution is 2.33. The molecule has 0 aromatic heterocycles. The summed E-state index contributed by atoms with van der Waals surface area (Å²) in [5.41, 5.74) is 0.320. The Balaban J connectivity index is 2.33. The van der Waals surface area contributed by atoms with Gasteiger partial charge < -0.3 is 15.2 Å². The van der Waals surface area contributed by atoms with Crippen molar-refractivity contribution < 1.29 is 18.6 Å². The van der Waals surface area contributed by atoms with Crippen molar-refractivity contribution in [2.75, 3.05) is 6.61 Å². The molecule has 0 spiro atoms. The average molecular weight is 321 g/mol. The van der Waals surface area contributed by atoms with Gasteiger partial charge in [-0.1, -0.05) is 31.2 Å². The SMILES string of the molecule is CC[C@@H](N[C@H](C)CO)c1ccc(F)c(Oc2ccccc2)c1F. The number of hydrogen-bond donors (Lipinski definition) is 2. The molecule has 23 heavy (non-hydrogen) atoms. The van der Waals surface area contributed by atoms with Gasteiger partial charge in [0.15, 0.2) is 17.4 Å². The van der Waals surface area contributed by atoms with Crippen LogP contribution in [0.25, 0.3) is 0 Å². The first kappa shape index (κ1) is 17.4. The van der Waals surface area contributed by atoms with Crippen molar-refractivity contribution in [1.82, 2.24) is 5.32 Å². The Morgan fingerprint density at radius 2 is 1.83 bits per heavy atom. The van der Waals surface area contributed by atoms with Crippen molar-refractivity contribution >= 4 is 0 Å². The summed E-state index contributed by atoms with van der Waals surface area (Å²) in [4.78, 5) is 0. The van der Waals surface area contributed by atoms with Gasteiger partial charge in [0.1, 0.15) is 5.75 Å². The van der Waals surface area contributed by atoms with Gasteiger partial charge in [-0.2, -0.15) is 0 Å². The van der Waals surface area contributed by atoms with E-state index in [-0.39, 0.29) is 18.7 Å². The third-order valence-electron chi connectivity index (χ3n) is 3.59. The van der Waals surface area contributed by atoms with Crippen LogP contribution in [0.1, 0.15) is 31.9 Å². The fourth-order valence-electron chi connectivity index (χ4n) is 2.34. The van der Waals surface area contributed by atoms with E-state index in [1.807, 2.05) is 6.92 Å².